The van der Waals surface area contributed by atoms with Crippen molar-refractivity contribution in [1.82, 2.24) is 0 Å². The van der Waals surface area contributed by atoms with E-state index in [4.69, 9.17) is 5.73 Å². The van der Waals surface area contributed by atoms with Gasteiger partial charge in [0.15, 0.2) is 0 Å². The third-order valence-electron chi connectivity index (χ3n) is 4.34. The zero-order chi connectivity index (χ0) is 15.5. The third kappa shape index (κ3) is 3.85. The number of amides is 1. The number of hydrogen-bond acceptors (Lipinski definition) is 2. The summed E-state index contributed by atoms with van der Waals surface area (Å²) >= 11 is 0. The summed E-state index contributed by atoms with van der Waals surface area (Å²) in [6.45, 7) is 2.87. The lowest BCUT2D eigenvalue weighted by Gasteiger charge is -2.30. The van der Waals surface area contributed by atoms with Crippen molar-refractivity contribution in [2.75, 3.05) is 17.2 Å². The van der Waals surface area contributed by atoms with Gasteiger partial charge < -0.3 is 10.6 Å². The van der Waals surface area contributed by atoms with Crippen LogP contribution in [0.2, 0.25) is 0 Å². The average molecular weight is 331 g/mol. The first kappa shape index (κ1) is 17.4. The first-order valence-corrected chi connectivity index (χ1v) is 7.88. The van der Waals surface area contributed by atoms with Gasteiger partial charge in [-0.05, 0) is 49.4 Å². The largest absolute Gasteiger partial charge is 0.398 e. The molecule has 2 aromatic carbocycles. The number of carbonyl (C=O) groups is 1. The molecule has 0 saturated carbocycles. The van der Waals surface area contributed by atoms with Crippen LogP contribution in [-0.4, -0.2) is 12.5 Å². The summed E-state index contributed by atoms with van der Waals surface area (Å²) < 4.78 is 0. The molecule has 23 heavy (non-hydrogen) atoms. The van der Waals surface area contributed by atoms with E-state index in [-0.39, 0.29) is 18.3 Å². The van der Waals surface area contributed by atoms with Gasteiger partial charge in [0.05, 0.1) is 0 Å². The second-order valence-corrected chi connectivity index (χ2v) is 5.98. The fraction of sp³-hybridized carbons (Fsp3) is 0.316. The minimum Gasteiger partial charge on any atom is -0.398 e. The molecular formula is C19H23ClN2O. The molecule has 3 rings (SSSR count). The number of carbonyl (C=O) groups excluding carboxylic acids is 1. The number of anilines is 2. The summed E-state index contributed by atoms with van der Waals surface area (Å²) in [6, 6.07) is 14.2. The lowest BCUT2D eigenvalue weighted by Crippen LogP contribution is -2.35. The van der Waals surface area contributed by atoms with Gasteiger partial charge in [-0.25, -0.2) is 0 Å². The van der Waals surface area contributed by atoms with Gasteiger partial charge in [-0.15, -0.1) is 12.4 Å². The van der Waals surface area contributed by atoms with Gasteiger partial charge >= 0.3 is 0 Å². The Bertz CT molecular complexity index is 682. The quantitative estimate of drug-likeness (QED) is 0.867. The number of benzene rings is 2. The van der Waals surface area contributed by atoms with Crippen LogP contribution in [0, 0.1) is 6.92 Å². The maximum absolute atomic E-state index is 12.6. The Morgan fingerprint density at radius 1 is 1.17 bits per heavy atom. The number of nitrogen functional groups attached to an aromatic ring is 1. The predicted octanol–water partition coefficient (Wildman–Crippen LogP) is 3.91. The maximum Gasteiger partial charge on any atom is 0.227 e. The highest BCUT2D eigenvalue weighted by atomic mass is 35.5. The van der Waals surface area contributed by atoms with Crippen LogP contribution in [-0.2, 0) is 17.6 Å². The summed E-state index contributed by atoms with van der Waals surface area (Å²) in [5.41, 5.74) is 11.4. The van der Waals surface area contributed by atoms with E-state index in [0.717, 1.165) is 42.7 Å². The number of hydrogen-bond donors (Lipinski definition) is 1. The molecule has 1 aliphatic heterocycles. The van der Waals surface area contributed by atoms with E-state index in [1.54, 1.807) is 0 Å². The smallest absolute Gasteiger partial charge is 0.227 e. The zero-order valence-electron chi connectivity index (χ0n) is 13.4. The Labute approximate surface area is 143 Å². The van der Waals surface area contributed by atoms with Crippen molar-refractivity contribution in [3.05, 3.63) is 59.2 Å². The van der Waals surface area contributed by atoms with Crippen molar-refractivity contribution in [2.24, 2.45) is 0 Å². The van der Waals surface area contributed by atoms with Gasteiger partial charge in [0, 0.05) is 24.3 Å². The Hall–Kier alpha value is -2.00. The second kappa shape index (κ2) is 7.51. The molecule has 0 atom stereocenters. The SMILES string of the molecule is Cc1ccc(CCC(=O)N2CCCc3c(N)cccc32)cc1.Cl. The zero-order valence-corrected chi connectivity index (χ0v) is 14.2. The fourth-order valence-corrected chi connectivity index (χ4v) is 3.05. The van der Waals surface area contributed by atoms with E-state index >= 15 is 0 Å². The molecule has 0 bridgehead atoms. The maximum atomic E-state index is 12.6. The van der Waals surface area contributed by atoms with Crippen LogP contribution in [0.25, 0.3) is 0 Å². The van der Waals surface area contributed by atoms with Crippen LogP contribution in [0.3, 0.4) is 0 Å². The van der Waals surface area contributed by atoms with Gasteiger partial charge in [-0.2, -0.15) is 0 Å². The molecule has 122 valence electrons. The topological polar surface area (TPSA) is 46.3 Å². The molecule has 1 aliphatic rings. The number of nitrogens with zero attached hydrogens (tertiary/aromatic N) is 1. The predicted molar refractivity (Wildman–Crippen MR) is 98.3 cm³/mol. The molecule has 0 spiro atoms. The standard InChI is InChI=1S/C19H22N2O.ClH/c1-14-7-9-15(10-8-14)11-12-19(22)21-13-3-4-16-17(20)5-2-6-18(16)21;/h2,5-10H,3-4,11-13,20H2,1H3;1H. The second-order valence-electron chi connectivity index (χ2n) is 5.98. The molecule has 0 fully saturated rings. The van der Waals surface area contributed by atoms with Crippen LogP contribution in [0.1, 0.15) is 29.5 Å². The van der Waals surface area contributed by atoms with E-state index in [0.29, 0.717) is 6.42 Å². The molecule has 1 amide bonds. The first-order valence-electron chi connectivity index (χ1n) is 7.88. The minimum atomic E-state index is 0. The van der Waals surface area contributed by atoms with Crippen molar-refractivity contribution in [2.45, 2.75) is 32.6 Å². The average Bonchev–Trinajstić information content (AvgIpc) is 2.54. The van der Waals surface area contributed by atoms with Gasteiger partial charge in [0.1, 0.15) is 0 Å². The molecule has 0 aliphatic carbocycles. The van der Waals surface area contributed by atoms with Gasteiger partial charge in [-0.3, -0.25) is 4.79 Å². The number of halogens is 1. The summed E-state index contributed by atoms with van der Waals surface area (Å²) in [7, 11) is 0. The molecule has 0 saturated heterocycles. The molecule has 0 unspecified atom stereocenters. The van der Waals surface area contributed by atoms with Crippen LogP contribution >= 0.6 is 12.4 Å². The number of aryl methyl sites for hydroxylation is 2. The Balaban J connectivity index is 0.00000192. The summed E-state index contributed by atoms with van der Waals surface area (Å²) in [6.07, 6.45) is 3.27. The normalized spacial score (nSPS) is 13.2. The third-order valence-corrected chi connectivity index (χ3v) is 4.34. The first-order chi connectivity index (χ1) is 10.6. The lowest BCUT2D eigenvalue weighted by atomic mass is 9.99. The van der Waals surface area contributed by atoms with E-state index in [9.17, 15) is 4.79 Å². The van der Waals surface area contributed by atoms with E-state index in [1.165, 1.54) is 11.1 Å². The van der Waals surface area contributed by atoms with Crippen LogP contribution in [0.4, 0.5) is 11.4 Å². The summed E-state index contributed by atoms with van der Waals surface area (Å²) in [4.78, 5) is 14.5. The molecule has 0 radical (unpaired) electrons. The van der Waals surface area contributed by atoms with Gasteiger partial charge in [0.25, 0.3) is 0 Å². The van der Waals surface area contributed by atoms with Crippen LogP contribution < -0.4 is 10.6 Å². The van der Waals surface area contributed by atoms with Crippen molar-refractivity contribution < 1.29 is 4.79 Å². The Kier molecular flexibility index (Phi) is 5.67. The van der Waals surface area contributed by atoms with Crippen LogP contribution in [0.5, 0.6) is 0 Å². The number of rotatable bonds is 3. The molecule has 1 heterocycles. The van der Waals surface area contributed by atoms with E-state index < -0.39 is 0 Å². The number of nitrogens with two attached hydrogens (primary N) is 1. The molecule has 2 aromatic rings. The lowest BCUT2D eigenvalue weighted by molar-refractivity contribution is -0.118. The van der Waals surface area contributed by atoms with Crippen molar-refractivity contribution in [3.8, 4) is 0 Å². The van der Waals surface area contributed by atoms with Gasteiger partial charge in [-0.1, -0.05) is 35.9 Å². The number of fused-ring (bicyclic) bond motifs is 1. The Morgan fingerprint density at radius 3 is 2.65 bits per heavy atom. The fourth-order valence-electron chi connectivity index (χ4n) is 3.05. The Morgan fingerprint density at radius 2 is 1.91 bits per heavy atom. The highest BCUT2D eigenvalue weighted by molar-refractivity contribution is 5.95. The molecular weight excluding hydrogens is 308 g/mol. The molecule has 4 heteroatoms. The summed E-state index contributed by atoms with van der Waals surface area (Å²) in [5.74, 6) is 0.187. The molecule has 3 nitrogen and oxygen atoms in total. The van der Waals surface area contributed by atoms with Crippen LogP contribution in [0.15, 0.2) is 42.5 Å². The van der Waals surface area contributed by atoms with Crippen molar-refractivity contribution in [1.29, 1.82) is 0 Å². The monoisotopic (exact) mass is 330 g/mol. The summed E-state index contributed by atoms with van der Waals surface area (Å²) in [5, 5.41) is 0. The van der Waals surface area contributed by atoms with E-state index in [1.807, 2.05) is 23.1 Å². The molecule has 2 N–H and O–H groups in total. The van der Waals surface area contributed by atoms with E-state index in [2.05, 4.69) is 31.2 Å². The van der Waals surface area contributed by atoms with Crippen molar-refractivity contribution >= 4 is 29.7 Å². The minimum absolute atomic E-state index is 0. The van der Waals surface area contributed by atoms with Crippen molar-refractivity contribution in [3.63, 3.8) is 0 Å². The molecule has 0 aromatic heterocycles. The van der Waals surface area contributed by atoms with Gasteiger partial charge in [0.2, 0.25) is 5.91 Å². The highest BCUT2D eigenvalue weighted by Gasteiger charge is 2.23. The highest BCUT2D eigenvalue weighted by Crippen LogP contribution is 2.31.